The predicted molar refractivity (Wildman–Crippen MR) is 120 cm³/mol. The average molecular weight is 406 g/mol. The van der Waals surface area contributed by atoms with Crippen molar-refractivity contribution in [1.29, 1.82) is 0 Å². The molecule has 1 aliphatic heterocycles. The Balaban J connectivity index is 1.38. The fourth-order valence-electron chi connectivity index (χ4n) is 6.24. The third-order valence-electron chi connectivity index (χ3n) is 7.72. The Morgan fingerprint density at radius 3 is 2.63 bits per heavy atom. The number of urea groups is 1. The summed E-state index contributed by atoms with van der Waals surface area (Å²) in [6.45, 7) is 1.18. The van der Waals surface area contributed by atoms with E-state index in [0.29, 0.717) is 11.5 Å². The summed E-state index contributed by atoms with van der Waals surface area (Å²) in [6.07, 6.45) is 7.67. The number of carbonyl (C=O) groups excluding carboxylic acids is 1. The highest BCUT2D eigenvalue weighted by molar-refractivity contribution is 5.99. The van der Waals surface area contributed by atoms with E-state index in [1.807, 2.05) is 24.3 Å². The van der Waals surface area contributed by atoms with E-state index in [9.17, 15) is 4.79 Å². The van der Waals surface area contributed by atoms with Gasteiger partial charge in [0, 0.05) is 22.8 Å². The van der Waals surface area contributed by atoms with Crippen LogP contribution in [0.2, 0.25) is 0 Å². The highest BCUT2D eigenvalue weighted by Gasteiger charge is 2.53. The highest BCUT2D eigenvalue weighted by Crippen LogP contribution is 2.55. The number of nitrogens with zero attached hydrogens (tertiary/aromatic N) is 1. The molecule has 1 heterocycles. The number of anilines is 2. The molecule has 5 heteroatoms. The van der Waals surface area contributed by atoms with E-state index in [-0.39, 0.29) is 6.03 Å². The SMILES string of the molecule is COc1ccc(NC(=O)Nc2ccc3c(c2)[C@@]24CCCC[C@H]2[C@@H](C3)N(C)CC4)cc1. The number of ether oxygens (including phenoxy) is 1. The fraction of sp³-hybridized carbons (Fsp3) is 0.480. The molecule has 0 spiro atoms. The fourth-order valence-corrected chi connectivity index (χ4v) is 6.24. The van der Waals surface area contributed by atoms with Gasteiger partial charge in [0.15, 0.2) is 0 Å². The lowest BCUT2D eigenvalue weighted by Crippen LogP contribution is -2.59. The largest absolute Gasteiger partial charge is 0.497 e. The minimum atomic E-state index is -0.213. The van der Waals surface area contributed by atoms with Crippen molar-refractivity contribution >= 4 is 17.4 Å². The Labute approximate surface area is 178 Å². The number of fused-ring (bicyclic) bond motifs is 1. The van der Waals surface area contributed by atoms with Crippen molar-refractivity contribution in [3.05, 3.63) is 53.6 Å². The minimum absolute atomic E-state index is 0.213. The van der Waals surface area contributed by atoms with Crippen molar-refractivity contribution in [3.8, 4) is 5.75 Å². The first-order valence-electron chi connectivity index (χ1n) is 11.1. The number of methoxy groups -OCH3 is 1. The average Bonchev–Trinajstić information content (AvgIpc) is 2.77. The molecule has 2 aromatic rings. The quantitative estimate of drug-likeness (QED) is 0.753. The van der Waals surface area contributed by atoms with Gasteiger partial charge in [-0.3, -0.25) is 0 Å². The molecule has 1 saturated heterocycles. The molecular weight excluding hydrogens is 374 g/mol. The summed E-state index contributed by atoms with van der Waals surface area (Å²) >= 11 is 0. The lowest BCUT2D eigenvalue weighted by molar-refractivity contribution is 0.00290. The van der Waals surface area contributed by atoms with E-state index in [2.05, 4.69) is 40.8 Å². The smallest absolute Gasteiger partial charge is 0.323 e. The number of nitrogens with one attached hydrogen (secondary N) is 2. The number of hydrogen-bond acceptors (Lipinski definition) is 3. The van der Waals surface area contributed by atoms with Crippen LogP contribution in [0.5, 0.6) is 5.75 Å². The van der Waals surface area contributed by atoms with Gasteiger partial charge >= 0.3 is 6.03 Å². The van der Waals surface area contributed by atoms with E-state index in [1.54, 1.807) is 7.11 Å². The zero-order valence-electron chi connectivity index (χ0n) is 17.9. The van der Waals surface area contributed by atoms with Gasteiger partial charge in [-0.15, -0.1) is 0 Å². The summed E-state index contributed by atoms with van der Waals surface area (Å²) in [5, 5.41) is 5.97. The molecule has 2 amide bonds. The zero-order valence-corrected chi connectivity index (χ0v) is 17.9. The number of likely N-dealkylation sites (N-methyl/N-ethyl adjacent to an activating group) is 1. The number of likely N-dealkylation sites (tertiary alicyclic amines) is 1. The van der Waals surface area contributed by atoms with Gasteiger partial charge < -0.3 is 20.3 Å². The van der Waals surface area contributed by atoms with Crippen LogP contribution in [-0.4, -0.2) is 37.7 Å². The van der Waals surface area contributed by atoms with Gasteiger partial charge in [-0.1, -0.05) is 18.9 Å². The first kappa shape index (κ1) is 19.4. The maximum atomic E-state index is 12.6. The van der Waals surface area contributed by atoms with Gasteiger partial charge in [0.25, 0.3) is 0 Å². The van der Waals surface area contributed by atoms with Gasteiger partial charge in [0.1, 0.15) is 5.75 Å². The summed E-state index contributed by atoms with van der Waals surface area (Å²) < 4.78 is 5.17. The van der Waals surface area contributed by atoms with E-state index < -0.39 is 0 Å². The number of amides is 2. The van der Waals surface area contributed by atoms with Crippen molar-refractivity contribution in [2.45, 2.75) is 50.0 Å². The van der Waals surface area contributed by atoms with Crippen molar-refractivity contribution < 1.29 is 9.53 Å². The minimum Gasteiger partial charge on any atom is -0.497 e. The lowest BCUT2D eigenvalue weighted by atomic mass is 9.52. The molecule has 0 unspecified atom stereocenters. The maximum absolute atomic E-state index is 12.6. The molecule has 2 bridgehead atoms. The van der Waals surface area contributed by atoms with Crippen LogP contribution in [-0.2, 0) is 11.8 Å². The summed E-state index contributed by atoms with van der Waals surface area (Å²) in [7, 11) is 3.93. The van der Waals surface area contributed by atoms with Gasteiger partial charge in [-0.2, -0.15) is 0 Å². The monoisotopic (exact) mass is 405 g/mol. The standard InChI is InChI=1S/C25H31N3O2/c1-28-14-13-25-12-4-3-5-21(25)23(28)15-17-6-7-19(16-22(17)25)27-24(29)26-18-8-10-20(30-2)11-9-18/h6-11,16,21,23H,3-5,12-15H2,1-2H3,(H2,26,27,29)/t21-,23+,25+/m0/s1. The molecule has 30 heavy (non-hydrogen) atoms. The zero-order chi connectivity index (χ0) is 20.7. The van der Waals surface area contributed by atoms with Gasteiger partial charge in [-0.05, 0) is 92.7 Å². The molecule has 3 aliphatic rings. The third kappa shape index (κ3) is 3.25. The van der Waals surface area contributed by atoms with Crippen LogP contribution >= 0.6 is 0 Å². The summed E-state index contributed by atoms with van der Waals surface area (Å²) in [6, 6.07) is 14.4. The molecule has 2 aliphatic carbocycles. The van der Waals surface area contributed by atoms with Crippen LogP contribution in [0.3, 0.4) is 0 Å². The summed E-state index contributed by atoms with van der Waals surface area (Å²) in [5.41, 5.74) is 4.91. The predicted octanol–water partition coefficient (Wildman–Crippen LogP) is 5.03. The van der Waals surface area contributed by atoms with Crippen molar-refractivity contribution in [2.75, 3.05) is 31.3 Å². The number of carbonyl (C=O) groups is 1. The first-order valence-corrected chi connectivity index (χ1v) is 11.1. The second-order valence-corrected chi connectivity index (χ2v) is 9.19. The van der Waals surface area contributed by atoms with E-state index in [4.69, 9.17) is 4.74 Å². The topological polar surface area (TPSA) is 53.6 Å². The Morgan fingerprint density at radius 1 is 1.07 bits per heavy atom. The normalized spacial score (nSPS) is 27.5. The van der Waals surface area contributed by atoms with Crippen LogP contribution in [0, 0.1) is 5.92 Å². The molecule has 2 aromatic carbocycles. The van der Waals surface area contributed by atoms with E-state index >= 15 is 0 Å². The molecular formula is C25H31N3O2. The molecule has 5 nitrogen and oxygen atoms in total. The molecule has 1 saturated carbocycles. The Kier molecular flexibility index (Phi) is 4.94. The molecule has 0 aromatic heterocycles. The molecule has 0 radical (unpaired) electrons. The second-order valence-electron chi connectivity index (χ2n) is 9.19. The number of piperidine rings is 1. The summed E-state index contributed by atoms with van der Waals surface area (Å²) in [5.74, 6) is 1.52. The van der Waals surface area contributed by atoms with Crippen LogP contribution in [0.25, 0.3) is 0 Å². The van der Waals surface area contributed by atoms with E-state index in [1.165, 1.54) is 49.8 Å². The number of hydrogen-bond donors (Lipinski definition) is 2. The van der Waals surface area contributed by atoms with Crippen LogP contribution in [0.1, 0.15) is 43.2 Å². The molecule has 158 valence electrons. The molecule has 3 atom stereocenters. The van der Waals surface area contributed by atoms with Crippen molar-refractivity contribution in [2.24, 2.45) is 5.92 Å². The van der Waals surface area contributed by atoms with Crippen LogP contribution in [0.15, 0.2) is 42.5 Å². The molecule has 2 N–H and O–H groups in total. The van der Waals surface area contributed by atoms with Crippen LogP contribution in [0.4, 0.5) is 16.2 Å². The molecule has 2 fully saturated rings. The van der Waals surface area contributed by atoms with Crippen LogP contribution < -0.4 is 15.4 Å². The number of rotatable bonds is 3. The van der Waals surface area contributed by atoms with Crippen molar-refractivity contribution in [1.82, 2.24) is 4.90 Å². The van der Waals surface area contributed by atoms with Gasteiger partial charge in [0.05, 0.1) is 7.11 Å². The second kappa shape index (κ2) is 7.62. The maximum Gasteiger partial charge on any atom is 0.323 e. The Bertz CT molecular complexity index is 942. The van der Waals surface area contributed by atoms with Gasteiger partial charge in [0.2, 0.25) is 0 Å². The number of benzene rings is 2. The lowest BCUT2D eigenvalue weighted by Gasteiger charge is -2.58. The first-order chi connectivity index (χ1) is 14.6. The Morgan fingerprint density at radius 2 is 1.83 bits per heavy atom. The molecule has 5 rings (SSSR count). The van der Waals surface area contributed by atoms with Crippen molar-refractivity contribution in [3.63, 3.8) is 0 Å². The highest BCUT2D eigenvalue weighted by atomic mass is 16.5. The van der Waals surface area contributed by atoms with Gasteiger partial charge in [-0.25, -0.2) is 4.79 Å². The van der Waals surface area contributed by atoms with E-state index in [0.717, 1.165) is 29.5 Å². The third-order valence-corrected chi connectivity index (χ3v) is 7.72. The Hall–Kier alpha value is -2.53. The summed E-state index contributed by atoms with van der Waals surface area (Å²) in [4.78, 5) is 15.2.